The summed E-state index contributed by atoms with van der Waals surface area (Å²) in [7, 11) is 3.97. The second-order valence-corrected chi connectivity index (χ2v) is 9.17. The van der Waals surface area contributed by atoms with Crippen LogP contribution in [0.1, 0.15) is 10.4 Å². The summed E-state index contributed by atoms with van der Waals surface area (Å²) in [6.07, 6.45) is 0. The number of aromatic nitrogens is 1. The third-order valence-corrected chi connectivity index (χ3v) is 6.41. The van der Waals surface area contributed by atoms with Gasteiger partial charge >= 0.3 is 0 Å². The minimum atomic E-state index is -0.107. The smallest absolute Gasteiger partial charge is 0.260 e. The highest BCUT2D eigenvalue weighted by Gasteiger charge is 2.23. The van der Waals surface area contributed by atoms with E-state index in [4.69, 9.17) is 19.2 Å². The maximum absolute atomic E-state index is 13.5. The van der Waals surface area contributed by atoms with Gasteiger partial charge in [-0.15, -0.1) is 12.4 Å². The van der Waals surface area contributed by atoms with E-state index in [1.54, 1.807) is 17.0 Å². The fourth-order valence-corrected chi connectivity index (χ4v) is 4.60. The Kier molecular flexibility index (Phi) is 7.75. The molecule has 0 spiro atoms. The van der Waals surface area contributed by atoms with E-state index in [0.29, 0.717) is 54.2 Å². The summed E-state index contributed by atoms with van der Waals surface area (Å²) in [4.78, 5) is 22.1. The molecule has 1 aromatic heterocycles. The van der Waals surface area contributed by atoms with Gasteiger partial charge in [0.2, 0.25) is 0 Å². The molecule has 0 saturated carbocycles. The average Bonchev–Trinajstić information content (AvgIpc) is 3.26. The Hall–Kier alpha value is -3.33. The van der Waals surface area contributed by atoms with Crippen molar-refractivity contribution in [3.63, 3.8) is 0 Å². The van der Waals surface area contributed by atoms with Crippen molar-refractivity contribution in [2.45, 2.75) is 0 Å². The van der Waals surface area contributed by atoms with Gasteiger partial charge in [0.15, 0.2) is 16.6 Å². The number of fused-ring (bicyclic) bond motifs is 2. The SMILES string of the molecule is CN(C)CCN(C(=O)c1ccc(Oc2ccccc2)cc1)c1nc2cc3c(cc2s1)OCCO3.Cl. The normalized spacial score (nSPS) is 12.3. The molecule has 0 saturated heterocycles. The van der Waals surface area contributed by atoms with Crippen LogP contribution in [0, 0.1) is 0 Å². The van der Waals surface area contributed by atoms with Crippen molar-refractivity contribution in [1.82, 2.24) is 9.88 Å². The number of carbonyl (C=O) groups is 1. The van der Waals surface area contributed by atoms with E-state index in [9.17, 15) is 4.79 Å². The molecule has 1 aliphatic rings. The molecule has 0 aliphatic carbocycles. The quantitative estimate of drug-likeness (QED) is 0.327. The van der Waals surface area contributed by atoms with Gasteiger partial charge in [-0.2, -0.15) is 0 Å². The van der Waals surface area contributed by atoms with E-state index < -0.39 is 0 Å². The van der Waals surface area contributed by atoms with E-state index in [1.807, 2.05) is 73.6 Å². The predicted octanol–water partition coefficient (Wildman–Crippen LogP) is 5.49. The molecule has 0 unspecified atom stereocenters. The maximum Gasteiger partial charge on any atom is 0.260 e. The Labute approximate surface area is 214 Å². The topological polar surface area (TPSA) is 64.1 Å². The number of hydrogen-bond donors (Lipinski definition) is 0. The Balaban J connectivity index is 0.00000289. The van der Waals surface area contributed by atoms with Crippen molar-refractivity contribution < 1.29 is 19.0 Å². The predicted molar refractivity (Wildman–Crippen MR) is 141 cm³/mol. The van der Waals surface area contributed by atoms with Gasteiger partial charge in [-0.1, -0.05) is 29.5 Å². The molecule has 182 valence electrons. The number of anilines is 1. The largest absolute Gasteiger partial charge is 0.486 e. The fraction of sp³-hybridized carbons (Fsp3) is 0.231. The van der Waals surface area contributed by atoms with Crippen LogP contribution >= 0.6 is 23.7 Å². The number of thiazole rings is 1. The first-order chi connectivity index (χ1) is 16.6. The van der Waals surface area contributed by atoms with Crippen LogP contribution in [0.25, 0.3) is 10.2 Å². The van der Waals surface area contributed by atoms with Gasteiger partial charge in [0.1, 0.15) is 24.7 Å². The molecule has 5 rings (SSSR count). The lowest BCUT2D eigenvalue weighted by atomic mass is 10.2. The van der Waals surface area contributed by atoms with Crippen molar-refractivity contribution in [2.75, 3.05) is 45.3 Å². The lowest BCUT2D eigenvalue weighted by molar-refractivity contribution is 0.0985. The Morgan fingerprint density at radius 2 is 1.60 bits per heavy atom. The van der Waals surface area contributed by atoms with E-state index in [0.717, 1.165) is 16.0 Å². The minimum Gasteiger partial charge on any atom is -0.486 e. The summed E-state index contributed by atoms with van der Waals surface area (Å²) in [6, 6.07) is 20.6. The molecule has 2 heterocycles. The molecule has 7 nitrogen and oxygen atoms in total. The number of carbonyl (C=O) groups excluding carboxylic acids is 1. The molecule has 1 amide bonds. The monoisotopic (exact) mass is 511 g/mol. The van der Waals surface area contributed by atoms with Crippen LogP contribution in [0.2, 0.25) is 0 Å². The first-order valence-electron chi connectivity index (χ1n) is 11.1. The first kappa shape index (κ1) is 24.8. The van der Waals surface area contributed by atoms with Crippen molar-refractivity contribution >= 4 is 45.0 Å². The standard InChI is InChI=1S/C26H25N3O4S.ClH/c1-28(2)12-13-29(26-27-21-16-22-23(17-24(21)34-26)32-15-14-31-22)25(30)18-8-10-20(11-9-18)33-19-6-4-3-5-7-19;/h3-11,16-17H,12-15H2,1-2H3;1H. The zero-order valence-corrected chi connectivity index (χ0v) is 21.1. The number of halogens is 1. The third-order valence-electron chi connectivity index (χ3n) is 5.37. The van der Waals surface area contributed by atoms with E-state index in [1.165, 1.54) is 11.3 Å². The van der Waals surface area contributed by atoms with Gasteiger partial charge in [-0.3, -0.25) is 9.69 Å². The van der Waals surface area contributed by atoms with Gasteiger partial charge in [0.05, 0.1) is 10.2 Å². The summed E-state index contributed by atoms with van der Waals surface area (Å²) in [5, 5.41) is 0.647. The average molecular weight is 512 g/mol. The van der Waals surface area contributed by atoms with Crippen LogP contribution in [-0.4, -0.2) is 56.2 Å². The molecule has 4 aromatic rings. The maximum atomic E-state index is 13.5. The van der Waals surface area contributed by atoms with Crippen LogP contribution in [0.15, 0.2) is 66.7 Å². The van der Waals surface area contributed by atoms with Gasteiger partial charge in [0.25, 0.3) is 5.91 Å². The van der Waals surface area contributed by atoms with Gasteiger partial charge in [0, 0.05) is 30.8 Å². The Bertz CT molecular complexity index is 1250. The highest BCUT2D eigenvalue weighted by molar-refractivity contribution is 7.22. The highest BCUT2D eigenvalue weighted by atomic mass is 35.5. The molecule has 0 bridgehead atoms. The lowest BCUT2D eigenvalue weighted by Gasteiger charge is -2.22. The molecular formula is C26H26ClN3O4S. The van der Waals surface area contributed by atoms with Crippen LogP contribution in [0.4, 0.5) is 5.13 Å². The molecule has 1 aliphatic heterocycles. The number of ether oxygens (including phenoxy) is 3. The van der Waals surface area contributed by atoms with Crippen LogP contribution < -0.4 is 19.1 Å². The van der Waals surface area contributed by atoms with Crippen LogP contribution in [0.5, 0.6) is 23.0 Å². The number of amides is 1. The van der Waals surface area contributed by atoms with E-state index in [2.05, 4.69) is 0 Å². The summed E-state index contributed by atoms with van der Waals surface area (Å²) >= 11 is 1.47. The summed E-state index contributed by atoms with van der Waals surface area (Å²) in [5.74, 6) is 2.72. The third kappa shape index (κ3) is 5.67. The van der Waals surface area contributed by atoms with Crippen molar-refractivity contribution in [3.8, 4) is 23.0 Å². The van der Waals surface area contributed by atoms with Gasteiger partial charge in [-0.05, 0) is 50.5 Å². The molecule has 35 heavy (non-hydrogen) atoms. The molecule has 0 radical (unpaired) electrons. The number of benzene rings is 3. The number of para-hydroxylation sites is 1. The summed E-state index contributed by atoms with van der Waals surface area (Å²) in [5.41, 5.74) is 1.36. The van der Waals surface area contributed by atoms with Crippen LogP contribution in [-0.2, 0) is 0 Å². The van der Waals surface area contributed by atoms with Crippen molar-refractivity contribution in [2.24, 2.45) is 0 Å². The number of hydrogen-bond acceptors (Lipinski definition) is 7. The van der Waals surface area contributed by atoms with Crippen molar-refractivity contribution in [1.29, 1.82) is 0 Å². The molecular weight excluding hydrogens is 486 g/mol. The Morgan fingerprint density at radius 1 is 0.943 bits per heavy atom. The lowest BCUT2D eigenvalue weighted by Crippen LogP contribution is -2.36. The molecule has 3 aromatic carbocycles. The zero-order valence-electron chi connectivity index (χ0n) is 19.5. The van der Waals surface area contributed by atoms with Gasteiger partial charge in [-0.25, -0.2) is 4.98 Å². The summed E-state index contributed by atoms with van der Waals surface area (Å²) in [6.45, 7) is 2.27. The molecule has 0 fully saturated rings. The number of rotatable bonds is 7. The first-order valence-corrected chi connectivity index (χ1v) is 11.9. The summed E-state index contributed by atoms with van der Waals surface area (Å²) < 4.78 is 18.2. The molecule has 0 atom stereocenters. The van der Waals surface area contributed by atoms with Crippen molar-refractivity contribution in [3.05, 3.63) is 72.3 Å². The van der Waals surface area contributed by atoms with E-state index in [-0.39, 0.29) is 18.3 Å². The molecule has 0 N–H and O–H groups in total. The second kappa shape index (κ2) is 10.9. The van der Waals surface area contributed by atoms with Gasteiger partial charge < -0.3 is 19.1 Å². The number of nitrogens with zero attached hydrogens (tertiary/aromatic N) is 3. The second-order valence-electron chi connectivity index (χ2n) is 8.16. The minimum absolute atomic E-state index is 0. The van der Waals surface area contributed by atoms with E-state index >= 15 is 0 Å². The highest BCUT2D eigenvalue weighted by Crippen LogP contribution is 2.39. The van der Waals surface area contributed by atoms with Crippen LogP contribution in [0.3, 0.4) is 0 Å². The Morgan fingerprint density at radius 3 is 2.29 bits per heavy atom. The zero-order chi connectivity index (χ0) is 23.5. The molecule has 9 heteroatoms. The number of likely N-dealkylation sites (N-methyl/N-ethyl adjacent to an activating group) is 1. The fourth-order valence-electron chi connectivity index (χ4n) is 3.60.